The number of allylic oxidation sites excluding steroid dienone is 2. The first kappa shape index (κ1) is 19.9. The summed E-state index contributed by atoms with van der Waals surface area (Å²) in [6.45, 7) is 5.67. The Morgan fingerprint density at radius 2 is 2.07 bits per heavy atom. The lowest BCUT2D eigenvalue weighted by Crippen LogP contribution is -2.62. The van der Waals surface area contributed by atoms with Crippen molar-refractivity contribution in [3.63, 3.8) is 0 Å². The molecule has 0 radical (unpaired) electrons. The van der Waals surface area contributed by atoms with Crippen molar-refractivity contribution in [1.29, 1.82) is 0 Å². The highest BCUT2D eigenvalue weighted by Crippen LogP contribution is 2.76. The standard InChI is InChI=1S/C22H26F2O4S/c1-11-6-13-14-8-16(24)15-7-12(25)4-5-19(15,2)22(14)17(28-22)9-20(13,3)21(11,27)18(26)29-10-23/h4-5,7,11,13-14,16-17,27H,6,8-10H2,1-3H3/t11-,13?,14?,16+,17-,19+,20+,21+,22-/m1/s1. The lowest BCUT2D eigenvalue weighted by atomic mass is 9.46. The highest BCUT2D eigenvalue weighted by molar-refractivity contribution is 8.13. The maximum atomic E-state index is 15.4. The summed E-state index contributed by atoms with van der Waals surface area (Å²) in [7, 11) is 0. The summed E-state index contributed by atoms with van der Waals surface area (Å²) in [5, 5.41) is 11.0. The Labute approximate surface area is 173 Å². The van der Waals surface area contributed by atoms with Crippen LogP contribution in [0.5, 0.6) is 0 Å². The Kier molecular flexibility index (Phi) is 3.98. The number of ether oxygens (including phenoxy) is 1. The number of alkyl halides is 2. The molecule has 29 heavy (non-hydrogen) atoms. The number of epoxide rings is 1. The van der Waals surface area contributed by atoms with E-state index in [2.05, 4.69) is 0 Å². The van der Waals surface area contributed by atoms with Crippen LogP contribution in [0, 0.1) is 28.6 Å². The predicted molar refractivity (Wildman–Crippen MR) is 104 cm³/mol. The molecule has 0 aromatic carbocycles. The Bertz CT molecular complexity index is 873. The molecule has 9 atom stereocenters. The second kappa shape index (κ2) is 5.80. The van der Waals surface area contributed by atoms with Gasteiger partial charge in [0, 0.05) is 10.8 Å². The second-order valence-corrected chi connectivity index (χ2v) is 10.8. The Morgan fingerprint density at radius 1 is 1.34 bits per heavy atom. The van der Waals surface area contributed by atoms with Gasteiger partial charge in [-0.3, -0.25) is 9.59 Å². The molecule has 1 N–H and O–H groups in total. The van der Waals surface area contributed by atoms with Gasteiger partial charge in [-0.1, -0.05) is 31.7 Å². The van der Waals surface area contributed by atoms with Gasteiger partial charge in [-0.25, -0.2) is 8.78 Å². The normalized spacial score (nSPS) is 54.8. The third-order valence-corrected chi connectivity index (χ3v) is 9.68. The molecule has 0 aromatic heterocycles. The molecule has 1 saturated heterocycles. The van der Waals surface area contributed by atoms with E-state index in [4.69, 9.17) is 4.74 Å². The first-order chi connectivity index (χ1) is 13.6. The fourth-order valence-corrected chi connectivity index (χ4v) is 8.32. The average Bonchev–Trinajstić information content (AvgIpc) is 3.34. The molecule has 0 amide bonds. The van der Waals surface area contributed by atoms with Crippen LogP contribution in [0.25, 0.3) is 0 Å². The molecular formula is C22H26F2O4S. The third-order valence-electron chi connectivity index (χ3n) is 9.00. The van der Waals surface area contributed by atoms with Gasteiger partial charge in [-0.2, -0.15) is 0 Å². The van der Waals surface area contributed by atoms with E-state index in [9.17, 15) is 19.1 Å². The number of ketones is 1. The van der Waals surface area contributed by atoms with Crippen molar-refractivity contribution in [2.24, 2.45) is 28.6 Å². The molecule has 4 aliphatic carbocycles. The van der Waals surface area contributed by atoms with E-state index in [0.29, 0.717) is 30.2 Å². The minimum Gasteiger partial charge on any atom is -0.380 e. The van der Waals surface area contributed by atoms with Crippen LogP contribution in [-0.4, -0.2) is 45.5 Å². The number of hydrogen-bond donors (Lipinski definition) is 1. The molecule has 4 fully saturated rings. The third kappa shape index (κ3) is 2.07. The van der Waals surface area contributed by atoms with E-state index >= 15 is 4.39 Å². The molecule has 1 heterocycles. The van der Waals surface area contributed by atoms with Crippen LogP contribution in [0.2, 0.25) is 0 Å². The van der Waals surface area contributed by atoms with Crippen LogP contribution in [-0.2, 0) is 14.3 Å². The minimum atomic E-state index is -1.66. The molecule has 5 aliphatic rings. The lowest BCUT2D eigenvalue weighted by molar-refractivity contribution is -0.154. The van der Waals surface area contributed by atoms with Crippen LogP contribution < -0.4 is 0 Å². The van der Waals surface area contributed by atoms with Crippen molar-refractivity contribution in [3.8, 4) is 0 Å². The van der Waals surface area contributed by atoms with Crippen LogP contribution in [0.15, 0.2) is 23.8 Å². The maximum absolute atomic E-state index is 15.4. The summed E-state index contributed by atoms with van der Waals surface area (Å²) < 4.78 is 34.6. The van der Waals surface area contributed by atoms with E-state index < -0.39 is 39.3 Å². The Morgan fingerprint density at radius 3 is 2.76 bits per heavy atom. The zero-order chi connectivity index (χ0) is 21.0. The number of aliphatic hydroxyl groups is 1. The zero-order valence-corrected chi connectivity index (χ0v) is 17.6. The number of rotatable bonds is 2. The molecule has 3 saturated carbocycles. The predicted octanol–water partition coefficient (Wildman–Crippen LogP) is 3.54. The second-order valence-electron chi connectivity index (χ2n) is 9.92. The molecule has 158 valence electrons. The number of carbonyl (C=O) groups excluding carboxylic acids is 2. The number of thioether (sulfide) groups is 1. The molecule has 7 heteroatoms. The fourth-order valence-electron chi connectivity index (χ4n) is 7.57. The molecule has 0 aromatic rings. The van der Waals surface area contributed by atoms with Crippen LogP contribution in [0.4, 0.5) is 8.78 Å². The van der Waals surface area contributed by atoms with Gasteiger partial charge in [0.25, 0.3) is 0 Å². The van der Waals surface area contributed by atoms with Crippen molar-refractivity contribution in [3.05, 3.63) is 23.8 Å². The molecular weight excluding hydrogens is 398 g/mol. The molecule has 0 bridgehead atoms. The van der Waals surface area contributed by atoms with Gasteiger partial charge in [0.15, 0.2) is 5.78 Å². The molecule has 5 rings (SSSR count). The highest BCUT2D eigenvalue weighted by atomic mass is 32.2. The van der Waals surface area contributed by atoms with Gasteiger partial charge in [0.1, 0.15) is 23.4 Å². The molecule has 2 unspecified atom stereocenters. The summed E-state index contributed by atoms with van der Waals surface area (Å²) in [6, 6.07) is -0.875. The Hall–Kier alpha value is -1.05. The lowest BCUT2D eigenvalue weighted by Gasteiger charge is -2.56. The van der Waals surface area contributed by atoms with Gasteiger partial charge in [-0.05, 0) is 61.7 Å². The van der Waals surface area contributed by atoms with E-state index in [0.717, 1.165) is 0 Å². The van der Waals surface area contributed by atoms with Gasteiger partial charge in [-0.15, -0.1) is 0 Å². The van der Waals surface area contributed by atoms with E-state index in [1.807, 2.05) is 20.8 Å². The summed E-state index contributed by atoms with van der Waals surface area (Å²) in [5.74, 6) is -0.843. The largest absolute Gasteiger partial charge is 0.380 e. The van der Waals surface area contributed by atoms with Gasteiger partial charge in [0.2, 0.25) is 5.12 Å². The number of halogens is 2. The van der Waals surface area contributed by atoms with E-state index in [1.54, 1.807) is 6.08 Å². The van der Waals surface area contributed by atoms with Crippen LogP contribution >= 0.6 is 11.8 Å². The quantitative estimate of drug-likeness (QED) is 0.687. The summed E-state index contributed by atoms with van der Waals surface area (Å²) >= 11 is 0.518. The topological polar surface area (TPSA) is 66.9 Å². The van der Waals surface area contributed by atoms with Gasteiger partial charge in [0.05, 0.1) is 6.10 Å². The monoisotopic (exact) mass is 424 g/mol. The highest BCUT2D eigenvalue weighted by Gasteiger charge is 2.82. The summed E-state index contributed by atoms with van der Waals surface area (Å²) in [6.07, 6.45) is 4.46. The fraction of sp³-hybridized carbons (Fsp3) is 0.727. The van der Waals surface area contributed by atoms with Crippen molar-refractivity contribution in [2.75, 3.05) is 6.01 Å². The smallest absolute Gasteiger partial charge is 0.223 e. The first-order valence-corrected chi connectivity index (χ1v) is 11.3. The van der Waals surface area contributed by atoms with Gasteiger partial charge >= 0.3 is 0 Å². The van der Waals surface area contributed by atoms with Gasteiger partial charge < -0.3 is 9.84 Å². The van der Waals surface area contributed by atoms with E-state index in [-0.39, 0.29) is 36.1 Å². The molecule has 4 nitrogen and oxygen atoms in total. The maximum Gasteiger partial charge on any atom is 0.223 e. The first-order valence-electron chi connectivity index (χ1n) is 10.3. The van der Waals surface area contributed by atoms with Crippen molar-refractivity contribution >= 4 is 22.7 Å². The molecule has 1 aliphatic heterocycles. The summed E-state index contributed by atoms with van der Waals surface area (Å²) in [4.78, 5) is 24.7. The Balaban J connectivity index is 1.60. The summed E-state index contributed by atoms with van der Waals surface area (Å²) in [5.41, 5.74) is -3.29. The van der Waals surface area contributed by atoms with Crippen molar-refractivity contribution < 1.29 is 28.2 Å². The van der Waals surface area contributed by atoms with Crippen molar-refractivity contribution in [1.82, 2.24) is 0 Å². The minimum absolute atomic E-state index is 0.118. The SMILES string of the molecule is C[C@@H]1CC2C3C[C@H](F)C4=CC(=O)C=C[C@]4(C)[C@@]34O[C@@H]4C[C@]2(C)[C@@]1(O)C(=O)SCF. The number of fused-ring (bicyclic) bond motifs is 3. The number of carbonyl (C=O) groups is 2. The average molecular weight is 425 g/mol. The van der Waals surface area contributed by atoms with Crippen molar-refractivity contribution in [2.45, 2.75) is 63.5 Å². The van der Waals surface area contributed by atoms with Crippen LogP contribution in [0.1, 0.15) is 40.0 Å². The van der Waals surface area contributed by atoms with E-state index in [1.165, 1.54) is 12.2 Å². The molecule has 1 spiro atoms. The van der Waals surface area contributed by atoms with Crippen LogP contribution in [0.3, 0.4) is 0 Å². The number of hydrogen-bond acceptors (Lipinski definition) is 5. The zero-order valence-electron chi connectivity index (χ0n) is 16.8.